The van der Waals surface area contributed by atoms with E-state index in [1.165, 1.54) is 25.7 Å². The summed E-state index contributed by atoms with van der Waals surface area (Å²) in [6, 6.07) is -0.00771. The van der Waals surface area contributed by atoms with Crippen LogP contribution in [-0.2, 0) is 9.59 Å². The van der Waals surface area contributed by atoms with Gasteiger partial charge in [-0.3, -0.25) is 9.59 Å². The Hall–Kier alpha value is -1.10. The fourth-order valence-electron chi connectivity index (χ4n) is 5.31. The Balaban J connectivity index is 1.47. The number of carbonyl (C=O) groups excluding carboxylic acids is 2. The third-order valence-electron chi connectivity index (χ3n) is 6.85. The highest BCUT2D eigenvalue weighted by Gasteiger charge is 2.31. The predicted molar refractivity (Wildman–Crippen MR) is 108 cm³/mol. The van der Waals surface area contributed by atoms with E-state index in [2.05, 4.69) is 22.5 Å². The van der Waals surface area contributed by atoms with Crippen molar-refractivity contribution in [3.05, 3.63) is 0 Å². The minimum atomic E-state index is -0.00771. The first-order valence-corrected chi connectivity index (χ1v) is 11.5. The molecule has 2 saturated heterocycles. The van der Waals surface area contributed by atoms with Gasteiger partial charge >= 0.3 is 0 Å². The fourth-order valence-corrected chi connectivity index (χ4v) is 5.31. The van der Waals surface area contributed by atoms with Crippen molar-refractivity contribution < 1.29 is 9.59 Å². The van der Waals surface area contributed by atoms with Gasteiger partial charge in [0.05, 0.1) is 6.04 Å². The van der Waals surface area contributed by atoms with Gasteiger partial charge in [-0.05, 0) is 56.9 Å². The van der Waals surface area contributed by atoms with Gasteiger partial charge in [0.1, 0.15) is 0 Å². The molecular weight excluding hydrogens is 338 g/mol. The number of nitrogens with zero attached hydrogens (tertiary/aromatic N) is 1. The van der Waals surface area contributed by atoms with Gasteiger partial charge in [-0.1, -0.05) is 39.0 Å². The normalized spacial score (nSPS) is 27.7. The minimum absolute atomic E-state index is 0.00771. The summed E-state index contributed by atoms with van der Waals surface area (Å²) < 4.78 is 0. The summed E-state index contributed by atoms with van der Waals surface area (Å²) in [5, 5.41) is 6.39. The van der Waals surface area contributed by atoms with E-state index in [4.69, 9.17) is 0 Å². The maximum Gasteiger partial charge on any atom is 0.237 e. The van der Waals surface area contributed by atoms with E-state index >= 15 is 0 Å². The summed E-state index contributed by atoms with van der Waals surface area (Å²) in [5.41, 5.74) is 0. The van der Waals surface area contributed by atoms with Crippen LogP contribution in [0.2, 0.25) is 0 Å². The smallest absolute Gasteiger partial charge is 0.237 e. The van der Waals surface area contributed by atoms with Crippen molar-refractivity contribution in [3.8, 4) is 0 Å². The fraction of sp³-hybridized carbons (Fsp3) is 0.909. The Kier molecular flexibility index (Phi) is 7.98. The SMILES string of the molecule is CCCC(CC1CCCC1)C(=O)N1CCCC(CNC(=O)C2CCCN2)C1. The van der Waals surface area contributed by atoms with Gasteiger partial charge in [0.15, 0.2) is 0 Å². The molecular formula is C22H39N3O2. The molecule has 3 aliphatic rings. The summed E-state index contributed by atoms with van der Waals surface area (Å²) in [5.74, 6) is 1.92. The zero-order valence-electron chi connectivity index (χ0n) is 17.2. The first-order valence-electron chi connectivity index (χ1n) is 11.5. The number of amides is 2. The summed E-state index contributed by atoms with van der Waals surface area (Å²) in [4.78, 5) is 27.5. The van der Waals surface area contributed by atoms with Crippen LogP contribution in [-0.4, -0.2) is 48.9 Å². The molecule has 2 amide bonds. The molecule has 3 unspecified atom stereocenters. The van der Waals surface area contributed by atoms with Gasteiger partial charge in [0, 0.05) is 25.6 Å². The Bertz CT molecular complexity index is 484. The Labute approximate surface area is 165 Å². The average Bonchev–Trinajstić information content (AvgIpc) is 3.39. The minimum Gasteiger partial charge on any atom is -0.354 e. The highest BCUT2D eigenvalue weighted by molar-refractivity contribution is 5.82. The Morgan fingerprint density at radius 3 is 2.56 bits per heavy atom. The Morgan fingerprint density at radius 2 is 1.85 bits per heavy atom. The molecule has 0 aromatic heterocycles. The van der Waals surface area contributed by atoms with Crippen molar-refractivity contribution in [1.29, 1.82) is 0 Å². The van der Waals surface area contributed by atoms with Gasteiger partial charge < -0.3 is 15.5 Å². The van der Waals surface area contributed by atoms with E-state index in [0.29, 0.717) is 18.4 Å². The lowest BCUT2D eigenvalue weighted by molar-refractivity contribution is -0.138. The van der Waals surface area contributed by atoms with E-state index in [1.54, 1.807) is 0 Å². The molecule has 1 saturated carbocycles. The van der Waals surface area contributed by atoms with Crippen LogP contribution in [0.15, 0.2) is 0 Å². The van der Waals surface area contributed by atoms with E-state index in [9.17, 15) is 9.59 Å². The second kappa shape index (κ2) is 10.4. The molecule has 2 aliphatic heterocycles. The van der Waals surface area contributed by atoms with Crippen LogP contribution in [0.25, 0.3) is 0 Å². The number of carbonyl (C=O) groups is 2. The molecule has 2 heterocycles. The zero-order valence-corrected chi connectivity index (χ0v) is 17.2. The van der Waals surface area contributed by atoms with Gasteiger partial charge in [0.2, 0.25) is 11.8 Å². The third kappa shape index (κ3) is 5.94. The van der Waals surface area contributed by atoms with Crippen LogP contribution in [0.5, 0.6) is 0 Å². The zero-order chi connectivity index (χ0) is 19.1. The van der Waals surface area contributed by atoms with Gasteiger partial charge in [-0.2, -0.15) is 0 Å². The van der Waals surface area contributed by atoms with E-state index in [0.717, 1.165) is 70.5 Å². The number of hydrogen-bond acceptors (Lipinski definition) is 3. The average molecular weight is 378 g/mol. The third-order valence-corrected chi connectivity index (χ3v) is 6.85. The summed E-state index contributed by atoms with van der Waals surface area (Å²) >= 11 is 0. The van der Waals surface area contributed by atoms with Crippen molar-refractivity contribution in [2.24, 2.45) is 17.8 Å². The van der Waals surface area contributed by atoms with E-state index < -0.39 is 0 Å². The highest BCUT2D eigenvalue weighted by atomic mass is 16.2. The molecule has 2 N–H and O–H groups in total. The highest BCUT2D eigenvalue weighted by Crippen LogP contribution is 2.33. The number of nitrogens with one attached hydrogen (secondary N) is 2. The molecule has 5 nitrogen and oxygen atoms in total. The number of hydrogen-bond donors (Lipinski definition) is 2. The van der Waals surface area contributed by atoms with Crippen molar-refractivity contribution in [2.45, 2.75) is 83.6 Å². The van der Waals surface area contributed by atoms with E-state index in [1.807, 2.05) is 0 Å². The van der Waals surface area contributed by atoms with Crippen LogP contribution in [0.3, 0.4) is 0 Å². The van der Waals surface area contributed by atoms with Crippen LogP contribution in [0.1, 0.15) is 77.6 Å². The standard InChI is InChI=1S/C22H39N3O2/c1-2-7-19(14-17-8-3-4-9-17)22(27)25-13-6-10-18(16-25)15-24-21(26)20-11-5-12-23-20/h17-20,23H,2-16H2,1H3,(H,24,26). The Morgan fingerprint density at radius 1 is 1.07 bits per heavy atom. The number of likely N-dealkylation sites (tertiary alicyclic amines) is 1. The van der Waals surface area contributed by atoms with Gasteiger partial charge in [-0.15, -0.1) is 0 Å². The van der Waals surface area contributed by atoms with E-state index in [-0.39, 0.29) is 17.9 Å². The second-order valence-corrected chi connectivity index (χ2v) is 9.06. The van der Waals surface area contributed by atoms with Crippen LogP contribution < -0.4 is 10.6 Å². The maximum absolute atomic E-state index is 13.2. The summed E-state index contributed by atoms with van der Waals surface area (Å²) in [6.07, 6.45) is 12.8. The molecule has 0 spiro atoms. The first kappa shape index (κ1) is 20.6. The molecule has 5 heteroatoms. The molecule has 27 heavy (non-hydrogen) atoms. The van der Waals surface area contributed by atoms with Crippen molar-refractivity contribution in [3.63, 3.8) is 0 Å². The largest absolute Gasteiger partial charge is 0.354 e. The first-order chi connectivity index (χ1) is 13.2. The molecule has 0 radical (unpaired) electrons. The monoisotopic (exact) mass is 377 g/mol. The van der Waals surface area contributed by atoms with Crippen molar-refractivity contribution in [2.75, 3.05) is 26.2 Å². The number of piperidine rings is 1. The predicted octanol–water partition coefficient (Wildman–Crippen LogP) is 3.09. The quantitative estimate of drug-likeness (QED) is 0.683. The van der Waals surface area contributed by atoms with Crippen molar-refractivity contribution >= 4 is 11.8 Å². The maximum atomic E-state index is 13.2. The number of rotatable bonds is 8. The van der Waals surface area contributed by atoms with Crippen LogP contribution >= 0.6 is 0 Å². The molecule has 3 fully saturated rings. The lowest BCUT2D eigenvalue weighted by Gasteiger charge is -2.35. The van der Waals surface area contributed by atoms with Gasteiger partial charge in [0.25, 0.3) is 0 Å². The summed E-state index contributed by atoms with van der Waals surface area (Å²) in [6.45, 7) is 5.58. The molecule has 0 aromatic carbocycles. The topological polar surface area (TPSA) is 61.4 Å². The summed E-state index contributed by atoms with van der Waals surface area (Å²) in [7, 11) is 0. The molecule has 3 rings (SSSR count). The van der Waals surface area contributed by atoms with Crippen molar-refractivity contribution in [1.82, 2.24) is 15.5 Å². The van der Waals surface area contributed by atoms with Crippen LogP contribution in [0.4, 0.5) is 0 Å². The molecule has 0 bridgehead atoms. The molecule has 1 aliphatic carbocycles. The van der Waals surface area contributed by atoms with Crippen LogP contribution in [0, 0.1) is 17.8 Å². The van der Waals surface area contributed by atoms with Gasteiger partial charge in [-0.25, -0.2) is 0 Å². The molecule has 3 atom stereocenters. The second-order valence-electron chi connectivity index (χ2n) is 9.06. The lowest BCUT2D eigenvalue weighted by atomic mass is 9.88. The molecule has 154 valence electrons. The molecule has 0 aromatic rings. The lowest BCUT2D eigenvalue weighted by Crippen LogP contribution is -2.48.